The maximum atomic E-state index is 7.83. The minimum absolute atomic E-state index is 0. The van der Waals surface area contributed by atoms with Crippen LogP contribution in [0.4, 0.5) is 0 Å². The molecule has 16 valence electrons. The first-order valence-electron chi connectivity index (χ1n) is 0.167. The predicted octanol–water partition coefficient (Wildman–Crippen LogP) is -1.63. The van der Waals surface area contributed by atoms with Gasteiger partial charge in [-0.2, -0.15) is 4.21 Å². The standard InChI is InChI=1S/2Na.OS.2H/c;;1-2;;. The first kappa shape index (κ1) is 16.6. The van der Waals surface area contributed by atoms with Crippen molar-refractivity contribution in [3.05, 3.63) is 0 Å². The van der Waals surface area contributed by atoms with Crippen molar-refractivity contribution in [3.8, 4) is 0 Å². The van der Waals surface area contributed by atoms with Crippen molar-refractivity contribution in [2.45, 2.75) is 0 Å². The third kappa shape index (κ3) is 8.99. The first-order chi connectivity index (χ1) is 1.00. The normalized spacial score (nSPS) is 1.00. The topological polar surface area (TPSA) is 17.1 Å². The number of hydrogen-bond acceptors (Lipinski definition) is 2. The Bertz CT molecular complexity index is 6.00. The van der Waals surface area contributed by atoms with Crippen molar-refractivity contribution in [2.75, 3.05) is 0 Å². The van der Waals surface area contributed by atoms with Crippen molar-refractivity contribution in [1.82, 2.24) is 0 Å². The molecule has 4 heteroatoms. The fraction of sp³-hybridized carbons (Fsp3) is 0. The zero-order valence-electron chi connectivity index (χ0n) is 0.816. The third-order valence-corrected chi connectivity index (χ3v) is 0. The summed E-state index contributed by atoms with van der Waals surface area (Å²) in [4.78, 5) is 0. The van der Waals surface area contributed by atoms with E-state index in [2.05, 4.69) is 12.5 Å². The molecule has 4 heavy (non-hydrogen) atoms. The van der Waals surface area contributed by atoms with Crippen LogP contribution in [0.15, 0.2) is 0 Å². The molecule has 0 aromatic rings. The van der Waals surface area contributed by atoms with Gasteiger partial charge in [0.05, 0.1) is 0 Å². The Morgan fingerprint density at radius 3 is 1.00 bits per heavy atom. The maximum absolute atomic E-state index is 7.83. The van der Waals surface area contributed by atoms with E-state index in [0.717, 1.165) is 0 Å². The van der Waals surface area contributed by atoms with Crippen LogP contribution in [-0.4, -0.2) is 63.3 Å². The van der Waals surface area contributed by atoms with Gasteiger partial charge < -0.3 is 0 Å². The Hall–Kier alpha value is 2.02. The summed E-state index contributed by atoms with van der Waals surface area (Å²) in [6, 6.07) is 0. The molecule has 0 fully saturated rings. The Kier molecular flexibility index (Phi) is 82.7. The van der Waals surface area contributed by atoms with E-state index in [9.17, 15) is 0 Å². The number of rotatable bonds is 0. The van der Waals surface area contributed by atoms with Crippen LogP contribution in [0.25, 0.3) is 0 Å². The van der Waals surface area contributed by atoms with Gasteiger partial charge in [-0.25, -0.2) is 0 Å². The molecule has 0 rings (SSSR count). The zero-order valence-corrected chi connectivity index (χ0v) is 1.63. The zero-order chi connectivity index (χ0) is 2.00. The number of hydrogen-bond donors (Lipinski definition) is 0. The van der Waals surface area contributed by atoms with Gasteiger partial charge in [0.25, 0.3) is 0 Å². The van der Waals surface area contributed by atoms with Crippen LogP contribution < -0.4 is 0 Å². The molecule has 0 aliphatic carbocycles. The van der Waals surface area contributed by atoms with Gasteiger partial charge in [-0.3, -0.25) is 0 Å². The van der Waals surface area contributed by atoms with Crippen LogP contribution in [0.5, 0.6) is 0 Å². The molecule has 0 N–H and O–H groups in total. The third-order valence-electron chi connectivity index (χ3n) is 0. The van der Waals surface area contributed by atoms with Gasteiger partial charge in [-0.15, -0.1) is 0 Å². The van der Waals surface area contributed by atoms with Gasteiger partial charge in [0, 0.05) is 0 Å². The summed E-state index contributed by atoms with van der Waals surface area (Å²) in [7, 11) is 0. The fourth-order valence-electron chi connectivity index (χ4n) is 0. The summed E-state index contributed by atoms with van der Waals surface area (Å²) in [5.74, 6) is 0. The molecule has 0 aromatic heterocycles. The predicted molar refractivity (Wildman–Crippen MR) is 22.4 cm³/mol. The van der Waals surface area contributed by atoms with Crippen LogP contribution >= 0.6 is 0 Å². The van der Waals surface area contributed by atoms with E-state index in [1.165, 1.54) is 0 Å². The molecule has 1 nitrogen and oxygen atoms in total. The molecular weight excluding hydrogens is 94.0 g/mol. The SMILES string of the molecule is O=S.[NaH].[NaH]. The van der Waals surface area contributed by atoms with E-state index >= 15 is 0 Å². The summed E-state index contributed by atoms with van der Waals surface area (Å²) in [5.41, 5.74) is 0. The monoisotopic (exact) mass is 96.0 g/mol. The van der Waals surface area contributed by atoms with Crippen molar-refractivity contribution in [2.24, 2.45) is 0 Å². The molecule has 0 aliphatic rings. The van der Waals surface area contributed by atoms with Gasteiger partial charge in [0.2, 0.25) is 0 Å². The van der Waals surface area contributed by atoms with E-state index in [1.54, 1.807) is 0 Å². The Balaban J connectivity index is -0.00000000500. The second kappa shape index (κ2) is 19.9. The molecule has 0 aromatic carbocycles. The first-order valence-corrected chi connectivity index (χ1v) is 0.500. The summed E-state index contributed by atoms with van der Waals surface area (Å²) in [6.07, 6.45) is 0. The van der Waals surface area contributed by atoms with Crippen LogP contribution in [-0.2, 0) is 12.5 Å². The minimum atomic E-state index is 0. The summed E-state index contributed by atoms with van der Waals surface area (Å²) in [5, 5.41) is 0. The quantitative estimate of drug-likeness (QED) is 0.337. The Morgan fingerprint density at radius 1 is 1.00 bits per heavy atom. The van der Waals surface area contributed by atoms with Crippen LogP contribution in [0.2, 0.25) is 0 Å². The van der Waals surface area contributed by atoms with Crippen LogP contribution in [0.1, 0.15) is 0 Å². The molecule has 0 heterocycles. The Labute approximate surface area is 74.6 Å². The summed E-state index contributed by atoms with van der Waals surface area (Å²) < 4.78 is 7.83. The molecular formula is H2Na2OS. The van der Waals surface area contributed by atoms with E-state index < -0.39 is 0 Å². The van der Waals surface area contributed by atoms with Gasteiger partial charge in [0.15, 0.2) is 12.5 Å². The van der Waals surface area contributed by atoms with Gasteiger partial charge in [-0.1, -0.05) is 0 Å². The van der Waals surface area contributed by atoms with Gasteiger partial charge >= 0.3 is 59.1 Å². The average Bonchev–Trinajstić information content (AvgIpc) is 1.00. The molecule has 0 radical (unpaired) electrons. The van der Waals surface area contributed by atoms with E-state index in [-0.39, 0.29) is 59.1 Å². The second-order valence-corrected chi connectivity index (χ2v) is 0. The van der Waals surface area contributed by atoms with Crippen molar-refractivity contribution in [3.63, 3.8) is 0 Å². The van der Waals surface area contributed by atoms with Crippen molar-refractivity contribution >= 4 is 71.6 Å². The van der Waals surface area contributed by atoms with Gasteiger partial charge in [-0.05, 0) is 0 Å². The molecule has 0 atom stereocenters. The average molecular weight is 96.1 g/mol. The molecule has 0 spiro atoms. The summed E-state index contributed by atoms with van der Waals surface area (Å²) in [6.45, 7) is 0. The van der Waals surface area contributed by atoms with Crippen LogP contribution in [0, 0.1) is 0 Å². The molecule has 0 unspecified atom stereocenters. The summed E-state index contributed by atoms with van der Waals surface area (Å²) >= 11 is 2.83. The molecule has 0 saturated heterocycles. The van der Waals surface area contributed by atoms with Crippen LogP contribution in [0.3, 0.4) is 0 Å². The van der Waals surface area contributed by atoms with Crippen molar-refractivity contribution < 1.29 is 4.21 Å². The second-order valence-electron chi connectivity index (χ2n) is 0. The molecule has 0 amide bonds. The molecule has 0 bridgehead atoms. The van der Waals surface area contributed by atoms with Crippen molar-refractivity contribution in [1.29, 1.82) is 0 Å². The molecule has 0 aliphatic heterocycles. The van der Waals surface area contributed by atoms with E-state index in [0.29, 0.717) is 0 Å². The molecule has 0 saturated carbocycles. The van der Waals surface area contributed by atoms with Gasteiger partial charge in [0.1, 0.15) is 0 Å². The fourth-order valence-corrected chi connectivity index (χ4v) is 0. The van der Waals surface area contributed by atoms with E-state index in [4.69, 9.17) is 4.21 Å². The van der Waals surface area contributed by atoms with E-state index in [1.807, 2.05) is 0 Å². The Morgan fingerprint density at radius 2 is 1.00 bits per heavy atom.